The molecular weight excluding hydrogens is 396 g/mol. The monoisotopic (exact) mass is 420 g/mol. The molecule has 0 spiro atoms. The SMILES string of the molecule is Cc1ccc(Cl)cc1NC(=O)c1ccc(S(=O)(=O)N(C)C2CCCCC2)cc1. The van der Waals surface area contributed by atoms with Crippen LogP contribution in [0.4, 0.5) is 5.69 Å². The van der Waals surface area contributed by atoms with Gasteiger partial charge >= 0.3 is 0 Å². The summed E-state index contributed by atoms with van der Waals surface area (Å²) in [5.74, 6) is -0.310. The summed E-state index contributed by atoms with van der Waals surface area (Å²) in [6, 6.07) is 11.4. The molecule has 0 radical (unpaired) electrons. The lowest BCUT2D eigenvalue weighted by Gasteiger charge is -2.30. The van der Waals surface area contributed by atoms with Crippen LogP contribution in [0.1, 0.15) is 48.0 Å². The van der Waals surface area contributed by atoms with Crippen molar-refractivity contribution in [3.8, 4) is 0 Å². The lowest BCUT2D eigenvalue weighted by Crippen LogP contribution is -2.38. The lowest BCUT2D eigenvalue weighted by molar-refractivity contribution is 0.102. The zero-order valence-corrected chi connectivity index (χ0v) is 17.7. The van der Waals surface area contributed by atoms with Gasteiger partial charge in [-0.15, -0.1) is 0 Å². The quantitative estimate of drug-likeness (QED) is 0.751. The van der Waals surface area contributed by atoms with Gasteiger partial charge in [-0.2, -0.15) is 4.31 Å². The topological polar surface area (TPSA) is 66.5 Å². The van der Waals surface area contributed by atoms with Gasteiger partial charge < -0.3 is 5.32 Å². The molecule has 0 heterocycles. The van der Waals surface area contributed by atoms with Crippen molar-refractivity contribution in [3.05, 3.63) is 58.6 Å². The number of amides is 1. The number of carbonyl (C=O) groups excluding carboxylic acids is 1. The fraction of sp³-hybridized carbons (Fsp3) is 0.381. The molecule has 1 saturated carbocycles. The average molecular weight is 421 g/mol. The molecular formula is C21H25ClN2O3S. The average Bonchev–Trinajstić information content (AvgIpc) is 2.71. The number of nitrogens with one attached hydrogen (secondary N) is 1. The Hall–Kier alpha value is -1.89. The number of carbonyl (C=O) groups is 1. The second-order valence-electron chi connectivity index (χ2n) is 7.25. The molecule has 0 aromatic heterocycles. The highest BCUT2D eigenvalue weighted by molar-refractivity contribution is 7.89. The van der Waals surface area contributed by atoms with Crippen molar-refractivity contribution < 1.29 is 13.2 Å². The fourth-order valence-electron chi connectivity index (χ4n) is 3.51. The predicted molar refractivity (Wildman–Crippen MR) is 112 cm³/mol. The van der Waals surface area contributed by atoms with Crippen LogP contribution in [0.3, 0.4) is 0 Å². The summed E-state index contributed by atoms with van der Waals surface area (Å²) < 4.78 is 27.3. The molecule has 7 heteroatoms. The standard InChI is InChI=1S/C21H25ClN2O3S/c1-15-8-11-17(22)14-20(15)23-21(25)16-9-12-19(13-10-16)28(26,27)24(2)18-6-4-3-5-7-18/h8-14,18H,3-7H2,1-2H3,(H,23,25). The molecule has 2 aromatic carbocycles. The van der Waals surface area contributed by atoms with E-state index in [0.717, 1.165) is 31.2 Å². The molecule has 1 aliphatic rings. The minimum atomic E-state index is -3.57. The Morgan fingerprint density at radius 1 is 1.07 bits per heavy atom. The molecule has 1 amide bonds. The maximum Gasteiger partial charge on any atom is 0.255 e. The van der Waals surface area contributed by atoms with Crippen LogP contribution in [-0.4, -0.2) is 31.7 Å². The number of halogens is 1. The Morgan fingerprint density at radius 3 is 2.36 bits per heavy atom. The zero-order chi connectivity index (χ0) is 20.3. The van der Waals surface area contributed by atoms with Gasteiger partial charge in [0.25, 0.3) is 5.91 Å². The lowest BCUT2D eigenvalue weighted by atomic mass is 9.96. The van der Waals surface area contributed by atoms with E-state index in [1.54, 1.807) is 19.2 Å². The highest BCUT2D eigenvalue weighted by Crippen LogP contribution is 2.27. The first-order valence-electron chi connectivity index (χ1n) is 9.44. The Labute approximate surface area is 171 Å². The summed E-state index contributed by atoms with van der Waals surface area (Å²) in [7, 11) is -1.92. The number of sulfonamides is 1. The minimum Gasteiger partial charge on any atom is -0.322 e. The van der Waals surface area contributed by atoms with Gasteiger partial charge in [0.15, 0.2) is 0 Å². The summed E-state index contributed by atoms with van der Waals surface area (Å²) in [6.45, 7) is 1.88. The van der Waals surface area contributed by atoms with E-state index >= 15 is 0 Å². The molecule has 0 unspecified atom stereocenters. The third-order valence-electron chi connectivity index (χ3n) is 5.33. The van der Waals surface area contributed by atoms with Gasteiger partial charge in [-0.25, -0.2) is 8.42 Å². The molecule has 0 bridgehead atoms. The second kappa shape index (κ2) is 8.64. The number of aryl methyl sites for hydroxylation is 1. The Balaban J connectivity index is 1.75. The molecule has 1 N–H and O–H groups in total. The van der Waals surface area contributed by atoms with Crippen molar-refractivity contribution in [1.29, 1.82) is 0 Å². The molecule has 1 fully saturated rings. The van der Waals surface area contributed by atoms with Gasteiger partial charge in [0.2, 0.25) is 10.0 Å². The summed E-state index contributed by atoms with van der Waals surface area (Å²) in [5, 5.41) is 3.35. The maximum atomic E-state index is 12.9. The molecule has 5 nitrogen and oxygen atoms in total. The van der Waals surface area contributed by atoms with Gasteiger partial charge in [0.05, 0.1) is 4.90 Å². The first kappa shape index (κ1) is 20.8. The van der Waals surface area contributed by atoms with Crippen LogP contribution in [0.25, 0.3) is 0 Å². The number of benzene rings is 2. The van der Waals surface area contributed by atoms with E-state index in [2.05, 4.69) is 5.32 Å². The molecule has 0 aliphatic heterocycles. The van der Waals surface area contributed by atoms with Gasteiger partial charge in [0.1, 0.15) is 0 Å². The van der Waals surface area contributed by atoms with E-state index < -0.39 is 10.0 Å². The van der Waals surface area contributed by atoms with Crippen molar-refractivity contribution in [3.63, 3.8) is 0 Å². The van der Waals surface area contributed by atoms with Crippen LogP contribution in [0.2, 0.25) is 5.02 Å². The molecule has 3 rings (SSSR count). The fourth-order valence-corrected chi connectivity index (χ4v) is 5.10. The van der Waals surface area contributed by atoms with Crippen molar-refractivity contribution in [2.45, 2.75) is 50.0 Å². The number of rotatable bonds is 5. The Bertz CT molecular complexity index is 952. The summed E-state index contributed by atoms with van der Waals surface area (Å²) in [6.07, 6.45) is 5.09. The van der Waals surface area contributed by atoms with Gasteiger partial charge in [-0.05, 0) is 61.7 Å². The van der Waals surface area contributed by atoms with Gasteiger partial charge in [0, 0.05) is 29.4 Å². The minimum absolute atomic E-state index is 0.0486. The first-order chi connectivity index (χ1) is 13.3. The summed E-state index contributed by atoms with van der Waals surface area (Å²) in [4.78, 5) is 12.7. The predicted octanol–water partition coefficient (Wildman–Crippen LogP) is 4.85. The third-order valence-corrected chi connectivity index (χ3v) is 7.49. The van der Waals surface area contributed by atoms with E-state index in [9.17, 15) is 13.2 Å². The van der Waals surface area contributed by atoms with E-state index in [4.69, 9.17) is 11.6 Å². The smallest absolute Gasteiger partial charge is 0.255 e. The number of hydrogen-bond acceptors (Lipinski definition) is 3. The van der Waals surface area contributed by atoms with E-state index in [-0.39, 0.29) is 16.8 Å². The van der Waals surface area contributed by atoms with E-state index in [0.29, 0.717) is 16.3 Å². The molecule has 150 valence electrons. The van der Waals surface area contributed by atoms with Crippen molar-refractivity contribution in [2.24, 2.45) is 0 Å². The van der Waals surface area contributed by atoms with Crippen LogP contribution >= 0.6 is 11.6 Å². The first-order valence-corrected chi connectivity index (χ1v) is 11.3. The number of hydrogen-bond donors (Lipinski definition) is 1. The van der Waals surface area contributed by atoms with E-state index in [1.807, 2.05) is 13.0 Å². The Kier molecular flexibility index (Phi) is 6.43. The van der Waals surface area contributed by atoms with Crippen LogP contribution in [0, 0.1) is 6.92 Å². The highest BCUT2D eigenvalue weighted by Gasteiger charge is 2.29. The number of nitrogens with zero attached hydrogens (tertiary/aromatic N) is 1. The Morgan fingerprint density at radius 2 is 1.71 bits per heavy atom. The van der Waals surface area contributed by atoms with Gasteiger partial charge in [-0.3, -0.25) is 4.79 Å². The number of anilines is 1. The van der Waals surface area contributed by atoms with Crippen molar-refractivity contribution in [1.82, 2.24) is 4.31 Å². The highest BCUT2D eigenvalue weighted by atomic mass is 35.5. The molecule has 1 aliphatic carbocycles. The molecule has 0 atom stereocenters. The normalized spacial score (nSPS) is 15.6. The molecule has 0 saturated heterocycles. The molecule has 28 heavy (non-hydrogen) atoms. The largest absolute Gasteiger partial charge is 0.322 e. The van der Waals surface area contributed by atoms with Crippen LogP contribution in [0.15, 0.2) is 47.4 Å². The summed E-state index contributed by atoms with van der Waals surface area (Å²) >= 11 is 5.99. The third kappa shape index (κ3) is 4.57. The maximum absolute atomic E-state index is 12.9. The van der Waals surface area contributed by atoms with Gasteiger partial charge in [-0.1, -0.05) is 36.9 Å². The molecule has 2 aromatic rings. The second-order valence-corrected chi connectivity index (χ2v) is 9.68. The zero-order valence-electron chi connectivity index (χ0n) is 16.1. The van der Waals surface area contributed by atoms with Crippen molar-refractivity contribution in [2.75, 3.05) is 12.4 Å². The van der Waals surface area contributed by atoms with E-state index in [1.165, 1.54) is 35.0 Å². The van der Waals surface area contributed by atoms with Crippen LogP contribution in [-0.2, 0) is 10.0 Å². The summed E-state index contributed by atoms with van der Waals surface area (Å²) in [5.41, 5.74) is 1.91. The van der Waals surface area contributed by atoms with Crippen molar-refractivity contribution >= 4 is 33.2 Å². The van der Waals surface area contributed by atoms with Crippen LogP contribution in [0.5, 0.6) is 0 Å². The van der Waals surface area contributed by atoms with Crippen LogP contribution < -0.4 is 5.32 Å².